The molecule has 0 saturated carbocycles. The fourth-order valence-corrected chi connectivity index (χ4v) is 2.39. The molecule has 0 atom stereocenters. The SMILES string of the molecule is Clc1ccc(N2CCOCC2)c(-c2ccco2)c1. The first-order chi connectivity index (χ1) is 8.84. The van der Waals surface area contributed by atoms with Crippen molar-refractivity contribution in [1.29, 1.82) is 0 Å². The summed E-state index contributed by atoms with van der Waals surface area (Å²) in [4.78, 5) is 2.30. The Morgan fingerprint density at radius 2 is 1.94 bits per heavy atom. The first-order valence-electron chi connectivity index (χ1n) is 6.01. The van der Waals surface area contributed by atoms with Crippen molar-refractivity contribution in [3.63, 3.8) is 0 Å². The number of anilines is 1. The number of benzene rings is 1. The van der Waals surface area contributed by atoms with E-state index in [1.54, 1.807) is 6.26 Å². The molecule has 3 rings (SSSR count). The second-order valence-corrected chi connectivity index (χ2v) is 4.67. The van der Waals surface area contributed by atoms with E-state index in [0.717, 1.165) is 48.3 Å². The Labute approximate surface area is 111 Å². The largest absolute Gasteiger partial charge is 0.464 e. The molecule has 0 radical (unpaired) electrons. The number of halogens is 1. The Kier molecular flexibility index (Phi) is 3.26. The molecule has 1 aromatic carbocycles. The van der Waals surface area contributed by atoms with E-state index >= 15 is 0 Å². The number of hydrogen-bond acceptors (Lipinski definition) is 3. The summed E-state index contributed by atoms with van der Waals surface area (Å²) in [6.07, 6.45) is 1.68. The van der Waals surface area contributed by atoms with Crippen LogP contribution in [0.2, 0.25) is 5.02 Å². The van der Waals surface area contributed by atoms with E-state index in [0.29, 0.717) is 0 Å². The third-order valence-electron chi connectivity index (χ3n) is 3.10. The van der Waals surface area contributed by atoms with Crippen molar-refractivity contribution in [2.45, 2.75) is 0 Å². The maximum Gasteiger partial charge on any atom is 0.135 e. The Hall–Kier alpha value is -1.45. The molecule has 0 aliphatic carbocycles. The quantitative estimate of drug-likeness (QED) is 0.830. The van der Waals surface area contributed by atoms with Gasteiger partial charge in [0.1, 0.15) is 5.76 Å². The van der Waals surface area contributed by atoms with Crippen molar-refractivity contribution in [1.82, 2.24) is 0 Å². The fraction of sp³-hybridized carbons (Fsp3) is 0.286. The molecule has 18 heavy (non-hydrogen) atoms. The van der Waals surface area contributed by atoms with Crippen molar-refractivity contribution in [2.75, 3.05) is 31.2 Å². The maximum atomic E-state index is 6.09. The average Bonchev–Trinajstić information content (AvgIpc) is 2.93. The van der Waals surface area contributed by atoms with Crippen LogP contribution < -0.4 is 4.90 Å². The fourth-order valence-electron chi connectivity index (χ4n) is 2.22. The van der Waals surface area contributed by atoms with Crippen LogP contribution in [-0.4, -0.2) is 26.3 Å². The Bertz CT molecular complexity index is 519. The highest BCUT2D eigenvalue weighted by atomic mass is 35.5. The van der Waals surface area contributed by atoms with Gasteiger partial charge in [-0.05, 0) is 30.3 Å². The summed E-state index contributed by atoms with van der Waals surface area (Å²) < 4.78 is 10.9. The minimum Gasteiger partial charge on any atom is -0.464 e. The maximum absolute atomic E-state index is 6.09. The molecule has 4 heteroatoms. The van der Waals surface area contributed by atoms with E-state index in [9.17, 15) is 0 Å². The molecule has 1 saturated heterocycles. The third-order valence-corrected chi connectivity index (χ3v) is 3.33. The van der Waals surface area contributed by atoms with E-state index in [2.05, 4.69) is 4.90 Å². The van der Waals surface area contributed by atoms with Gasteiger partial charge in [0.05, 0.1) is 19.5 Å². The number of rotatable bonds is 2. The van der Waals surface area contributed by atoms with Crippen LogP contribution in [0, 0.1) is 0 Å². The summed E-state index contributed by atoms with van der Waals surface area (Å²) in [5, 5.41) is 0.721. The Morgan fingerprint density at radius 1 is 1.11 bits per heavy atom. The summed E-state index contributed by atoms with van der Waals surface area (Å²) in [6.45, 7) is 3.32. The van der Waals surface area contributed by atoms with Gasteiger partial charge in [0.15, 0.2) is 0 Å². The Morgan fingerprint density at radius 3 is 2.67 bits per heavy atom. The van der Waals surface area contributed by atoms with Crippen LogP contribution in [0.4, 0.5) is 5.69 Å². The lowest BCUT2D eigenvalue weighted by Crippen LogP contribution is -2.36. The van der Waals surface area contributed by atoms with Crippen molar-refractivity contribution < 1.29 is 9.15 Å². The van der Waals surface area contributed by atoms with Crippen LogP contribution in [-0.2, 0) is 4.74 Å². The number of morpholine rings is 1. The normalized spacial score (nSPS) is 15.9. The molecule has 94 valence electrons. The molecule has 0 N–H and O–H groups in total. The summed E-state index contributed by atoms with van der Waals surface area (Å²) in [7, 11) is 0. The zero-order chi connectivity index (χ0) is 12.4. The second kappa shape index (κ2) is 5.04. The molecule has 1 aliphatic rings. The molecule has 3 nitrogen and oxygen atoms in total. The molecule has 1 aromatic heterocycles. The number of furan rings is 1. The van der Waals surface area contributed by atoms with Gasteiger partial charge in [0.25, 0.3) is 0 Å². The van der Waals surface area contributed by atoms with E-state index in [4.69, 9.17) is 20.8 Å². The summed E-state index contributed by atoms with van der Waals surface area (Å²) >= 11 is 6.09. The van der Waals surface area contributed by atoms with Gasteiger partial charge >= 0.3 is 0 Å². The minimum atomic E-state index is 0.721. The lowest BCUT2D eigenvalue weighted by atomic mass is 10.1. The zero-order valence-corrected chi connectivity index (χ0v) is 10.7. The summed E-state index contributed by atoms with van der Waals surface area (Å²) in [5.41, 5.74) is 2.19. The number of ether oxygens (including phenoxy) is 1. The molecule has 0 amide bonds. The lowest BCUT2D eigenvalue weighted by molar-refractivity contribution is 0.122. The van der Waals surface area contributed by atoms with Crippen molar-refractivity contribution in [2.24, 2.45) is 0 Å². The molecular formula is C14H14ClNO2. The average molecular weight is 264 g/mol. The zero-order valence-electron chi connectivity index (χ0n) is 9.93. The molecule has 0 bridgehead atoms. The summed E-state index contributed by atoms with van der Waals surface area (Å²) in [5.74, 6) is 0.846. The third kappa shape index (κ3) is 2.24. The topological polar surface area (TPSA) is 25.6 Å². The highest BCUT2D eigenvalue weighted by molar-refractivity contribution is 6.31. The van der Waals surface area contributed by atoms with Gasteiger partial charge in [-0.15, -0.1) is 0 Å². The molecule has 1 fully saturated rings. The van der Waals surface area contributed by atoms with Crippen LogP contribution in [0.3, 0.4) is 0 Å². The first kappa shape index (κ1) is 11.6. The van der Waals surface area contributed by atoms with Crippen LogP contribution in [0.5, 0.6) is 0 Å². The molecule has 2 aromatic rings. The van der Waals surface area contributed by atoms with Crippen LogP contribution in [0.25, 0.3) is 11.3 Å². The predicted molar refractivity (Wildman–Crippen MR) is 72.2 cm³/mol. The van der Waals surface area contributed by atoms with E-state index in [1.165, 1.54) is 0 Å². The monoisotopic (exact) mass is 263 g/mol. The van der Waals surface area contributed by atoms with E-state index in [1.807, 2.05) is 30.3 Å². The van der Waals surface area contributed by atoms with Gasteiger partial charge in [-0.1, -0.05) is 11.6 Å². The first-order valence-corrected chi connectivity index (χ1v) is 6.38. The standard InChI is InChI=1S/C14H14ClNO2/c15-11-3-4-13(16-5-8-17-9-6-16)12(10-11)14-2-1-7-18-14/h1-4,7,10H,5-6,8-9H2. The molecule has 1 aliphatic heterocycles. The molecule has 2 heterocycles. The van der Waals surface area contributed by atoms with E-state index < -0.39 is 0 Å². The van der Waals surface area contributed by atoms with Gasteiger partial charge < -0.3 is 14.1 Å². The predicted octanol–water partition coefficient (Wildman–Crippen LogP) is 3.44. The van der Waals surface area contributed by atoms with Crippen molar-refractivity contribution in [3.05, 3.63) is 41.6 Å². The second-order valence-electron chi connectivity index (χ2n) is 4.24. The minimum absolute atomic E-state index is 0.721. The highest BCUT2D eigenvalue weighted by Gasteiger charge is 2.17. The highest BCUT2D eigenvalue weighted by Crippen LogP contribution is 2.33. The molecule has 0 spiro atoms. The smallest absolute Gasteiger partial charge is 0.135 e. The van der Waals surface area contributed by atoms with Crippen LogP contribution in [0.15, 0.2) is 41.0 Å². The van der Waals surface area contributed by atoms with Crippen molar-refractivity contribution >= 4 is 17.3 Å². The van der Waals surface area contributed by atoms with Gasteiger partial charge in [-0.25, -0.2) is 0 Å². The van der Waals surface area contributed by atoms with Gasteiger partial charge in [0, 0.05) is 29.4 Å². The molecular weight excluding hydrogens is 250 g/mol. The summed E-state index contributed by atoms with van der Waals surface area (Å²) in [6, 6.07) is 9.75. The van der Waals surface area contributed by atoms with Crippen LogP contribution >= 0.6 is 11.6 Å². The van der Waals surface area contributed by atoms with Gasteiger partial charge in [0.2, 0.25) is 0 Å². The van der Waals surface area contributed by atoms with Gasteiger partial charge in [-0.2, -0.15) is 0 Å². The van der Waals surface area contributed by atoms with E-state index in [-0.39, 0.29) is 0 Å². The number of hydrogen-bond donors (Lipinski definition) is 0. The van der Waals surface area contributed by atoms with Crippen LogP contribution in [0.1, 0.15) is 0 Å². The van der Waals surface area contributed by atoms with Crippen molar-refractivity contribution in [3.8, 4) is 11.3 Å². The lowest BCUT2D eigenvalue weighted by Gasteiger charge is -2.30. The Balaban J connectivity index is 2.02. The number of nitrogens with zero attached hydrogens (tertiary/aromatic N) is 1. The molecule has 0 unspecified atom stereocenters. The van der Waals surface area contributed by atoms with Gasteiger partial charge in [-0.3, -0.25) is 0 Å².